The highest BCUT2D eigenvalue weighted by Gasteiger charge is 2.28. The highest BCUT2D eigenvalue weighted by atomic mass is 16.3. The van der Waals surface area contributed by atoms with E-state index >= 15 is 0 Å². The molecule has 0 aromatic heterocycles. The maximum absolute atomic E-state index is 12.8. The lowest BCUT2D eigenvalue weighted by Crippen LogP contribution is -2.47. The van der Waals surface area contributed by atoms with Gasteiger partial charge in [0.15, 0.2) is 0 Å². The first kappa shape index (κ1) is 20.9. The molecule has 0 spiro atoms. The van der Waals surface area contributed by atoms with Gasteiger partial charge in [-0.1, -0.05) is 49.1 Å². The third-order valence-corrected chi connectivity index (χ3v) is 4.81. The number of aliphatic hydroxyl groups is 1. The zero-order chi connectivity index (χ0) is 19.6. The molecule has 1 aliphatic rings. The summed E-state index contributed by atoms with van der Waals surface area (Å²) in [7, 11) is 1.84. The third-order valence-electron chi connectivity index (χ3n) is 4.81. The molecule has 1 fully saturated rings. The lowest BCUT2D eigenvalue weighted by molar-refractivity contribution is -0.129. The van der Waals surface area contributed by atoms with Gasteiger partial charge in [0.1, 0.15) is 0 Å². The first-order valence-electron chi connectivity index (χ1n) is 9.45. The van der Waals surface area contributed by atoms with Crippen molar-refractivity contribution in [1.29, 1.82) is 0 Å². The van der Waals surface area contributed by atoms with E-state index in [9.17, 15) is 9.90 Å². The summed E-state index contributed by atoms with van der Waals surface area (Å²) in [6.07, 6.45) is 8.20. The average Bonchev–Trinajstić information content (AvgIpc) is 3.09. The molecule has 1 aromatic rings. The van der Waals surface area contributed by atoms with E-state index in [0.29, 0.717) is 13.1 Å². The van der Waals surface area contributed by atoms with E-state index in [1.165, 1.54) is 0 Å². The summed E-state index contributed by atoms with van der Waals surface area (Å²) in [4.78, 5) is 16.8. The van der Waals surface area contributed by atoms with Crippen LogP contribution < -0.4 is 5.32 Å². The molecule has 5 nitrogen and oxygen atoms in total. The lowest BCUT2D eigenvalue weighted by Gasteiger charge is -2.33. The molecular weight excluding hydrogens is 338 g/mol. The van der Waals surface area contributed by atoms with Crippen molar-refractivity contribution in [3.8, 4) is 0 Å². The van der Waals surface area contributed by atoms with E-state index in [2.05, 4.69) is 16.8 Å². The number of amides is 1. The quantitative estimate of drug-likeness (QED) is 0.657. The maximum atomic E-state index is 12.8. The monoisotopic (exact) mass is 369 g/mol. The molecule has 0 unspecified atom stereocenters. The van der Waals surface area contributed by atoms with Crippen LogP contribution in [0.4, 0.5) is 5.69 Å². The van der Waals surface area contributed by atoms with Gasteiger partial charge in [0.25, 0.3) is 0 Å². The molecule has 2 N–H and O–H groups in total. The number of allylic oxidation sites excluding steroid dienone is 3. The van der Waals surface area contributed by atoms with Crippen LogP contribution >= 0.6 is 0 Å². The van der Waals surface area contributed by atoms with Gasteiger partial charge >= 0.3 is 0 Å². The zero-order valence-corrected chi connectivity index (χ0v) is 16.3. The van der Waals surface area contributed by atoms with E-state index in [0.717, 1.165) is 24.2 Å². The van der Waals surface area contributed by atoms with Crippen molar-refractivity contribution >= 4 is 11.6 Å². The van der Waals surface area contributed by atoms with E-state index in [1.54, 1.807) is 11.0 Å². The Hall–Kier alpha value is -2.37. The van der Waals surface area contributed by atoms with Crippen LogP contribution in [-0.4, -0.2) is 66.2 Å². The minimum absolute atomic E-state index is 0.0167. The standard InChI is InChI=1S/C22H31N3O2/c1-4-9-18(10-5-2)21(17-25-14-13-20(26)16-25)24(3)22(27)15-23-19-11-7-6-8-12-19/h4-12,20-21,23,26H,1,13-17H2,2-3H3/b10-5-,18-9+/t20-,21+/m0/s1. The Morgan fingerprint density at radius 2 is 2.19 bits per heavy atom. The van der Waals surface area contributed by atoms with Gasteiger partial charge in [-0.2, -0.15) is 0 Å². The van der Waals surface area contributed by atoms with Crippen molar-refractivity contribution in [2.45, 2.75) is 25.5 Å². The number of hydrogen-bond donors (Lipinski definition) is 2. The topological polar surface area (TPSA) is 55.8 Å². The lowest BCUT2D eigenvalue weighted by atomic mass is 10.0. The van der Waals surface area contributed by atoms with E-state index in [-0.39, 0.29) is 24.6 Å². The second-order valence-electron chi connectivity index (χ2n) is 6.84. The predicted octanol–water partition coefficient (Wildman–Crippen LogP) is 2.68. The number of β-amino-alcohol motifs (C(OH)–C–C–N with tert-alkyl or cyclic N) is 1. The summed E-state index contributed by atoms with van der Waals surface area (Å²) in [5.74, 6) is 0.0167. The minimum atomic E-state index is -0.278. The molecule has 1 amide bonds. The smallest absolute Gasteiger partial charge is 0.242 e. The Morgan fingerprint density at radius 3 is 2.78 bits per heavy atom. The number of likely N-dealkylation sites (N-methyl/N-ethyl adjacent to an activating group) is 1. The van der Waals surface area contributed by atoms with Gasteiger partial charge in [0, 0.05) is 32.4 Å². The van der Waals surface area contributed by atoms with Crippen LogP contribution in [0, 0.1) is 0 Å². The van der Waals surface area contributed by atoms with Crippen LogP contribution in [-0.2, 0) is 4.79 Å². The number of nitrogens with zero attached hydrogens (tertiary/aromatic N) is 2. The van der Waals surface area contributed by atoms with Crippen LogP contribution in [0.5, 0.6) is 0 Å². The Balaban J connectivity index is 2.10. The predicted molar refractivity (Wildman–Crippen MR) is 112 cm³/mol. The highest BCUT2D eigenvalue weighted by molar-refractivity contribution is 5.81. The van der Waals surface area contributed by atoms with Crippen molar-refractivity contribution in [2.24, 2.45) is 0 Å². The van der Waals surface area contributed by atoms with Crippen LogP contribution in [0.25, 0.3) is 0 Å². The summed E-state index contributed by atoms with van der Waals surface area (Å²) < 4.78 is 0. The number of carbonyl (C=O) groups excluding carboxylic acids is 1. The summed E-state index contributed by atoms with van der Waals surface area (Å²) in [6, 6.07) is 9.61. The normalized spacial score (nSPS) is 19.2. The maximum Gasteiger partial charge on any atom is 0.242 e. The number of benzene rings is 1. The van der Waals surface area contributed by atoms with Gasteiger partial charge < -0.3 is 15.3 Å². The molecule has 1 aromatic carbocycles. The van der Waals surface area contributed by atoms with Gasteiger partial charge in [-0.15, -0.1) is 0 Å². The SMILES string of the molecule is C=C/C=C(\C=C/C)[C@@H](CN1CC[C@H](O)C1)N(C)C(=O)CNc1ccccc1. The summed E-state index contributed by atoms with van der Waals surface area (Å²) >= 11 is 0. The number of para-hydroxylation sites is 1. The first-order chi connectivity index (χ1) is 13.0. The van der Waals surface area contributed by atoms with Gasteiger partial charge in [-0.3, -0.25) is 9.69 Å². The fourth-order valence-corrected chi connectivity index (χ4v) is 3.31. The van der Waals surface area contributed by atoms with Gasteiger partial charge in [-0.05, 0) is 31.1 Å². The largest absolute Gasteiger partial charge is 0.392 e. The number of carbonyl (C=O) groups is 1. The Labute approximate surface area is 162 Å². The summed E-state index contributed by atoms with van der Waals surface area (Å²) in [5.41, 5.74) is 1.96. The summed E-state index contributed by atoms with van der Waals surface area (Å²) in [6.45, 7) is 8.19. The first-order valence-corrected chi connectivity index (χ1v) is 9.45. The van der Waals surface area contributed by atoms with Crippen molar-refractivity contribution in [3.05, 3.63) is 66.8 Å². The van der Waals surface area contributed by atoms with Crippen molar-refractivity contribution in [3.63, 3.8) is 0 Å². The molecule has 1 saturated heterocycles. The highest BCUT2D eigenvalue weighted by Crippen LogP contribution is 2.18. The molecule has 27 heavy (non-hydrogen) atoms. The van der Waals surface area contributed by atoms with E-state index < -0.39 is 0 Å². The number of anilines is 1. The fraction of sp³-hybridized carbons (Fsp3) is 0.409. The molecule has 2 rings (SSSR count). The van der Waals surface area contributed by atoms with E-state index in [1.807, 2.05) is 62.5 Å². The second kappa shape index (κ2) is 10.7. The van der Waals surface area contributed by atoms with E-state index in [4.69, 9.17) is 0 Å². The van der Waals surface area contributed by atoms with Gasteiger partial charge in [0.05, 0.1) is 18.7 Å². The van der Waals surface area contributed by atoms with Gasteiger partial charge in [0.2, 0.25) is 5.91 Å². The zero-order valence-electron chi connectivity index (χ0n) is 16.3. The molecule has 0 radical (unpaired) electrons. The fourth-order valence-electron chi connectivity index (χ4n) is 3.31. The molecule has 2 atom stereocenters. The molecule has 0 saturated carbocycles. The van der Waals surface area contributed by atoms with Gasteiger partial charge in [-0.25, -0.2) is 0 Å². The number of hydrogen-bond acceptors (Lipinski definition) is 4. The Kier molecular flexibility index (Phi) is 8.30. The third kappa shape index (κ3) is 6.38. The average molecular weight is 370 g/mol. The summed E-state index contributed by atoms with van der Waals surface area (Å²) in [5, 5.41) is 13.0. The molecular formula is C22H31N3O2. The second-order valence-corrected chi connectivity index (χ2v) is 6.84. The van der Waals surface area contributed by atoms with Crippen LogP contribution in [0.2, 0.25) is 0 Å². The molecule has 1 heterocycles. The Bertz CT molecular complexity index is 669. The molecule has 146 valence electrons. The molecule has 0 aliphatic carbocycles. The van der Waals surface area contributed by atoms with Crippen molar-refractivity contribution in [2.75, 3.05) is 38.5 Å². The molecule has 0 bridgehead atoms. The molecule has 1 aliphatic heterocycles. The number of rotatable bonds is 9. The van der Waals surface area contributed by atoms with Crippen molar-refractivity contribution in [1.82, 2.24) is 9.80 Å². The van der Waals surface area contributed by atoms with Crippen LogP contribution in [0.1, 0.15) is 13.3 Å². The molecule has 5 heteroatoms. The number of nitrogens with one attached hydrogen (secondary N) is 1. The van der Waals surface area contributed by atoms with Crippen LogP contribution in [0.3, 0.4) is 0 Å². The minimum Gasteiger partial charge on any atom is -0.392 e. The number of likely N-dealkylation sites (tertiary alicyclic amines) is 1. The Morgan fingerprint density at radius 1 is 1.44 bits per heavy atom. The van der Waals surface area contributed by atoms with Crippen LogP contribution in [0.15, 0.2) is 66.8 Å². The number of aliphatic hydroxyl groups excluding tert-OH is 1. The van der Waals surface area contributed by atoms with Crippen molar-refractivity contribution < 1.29 is 9.90 Å².